The lowest BCUT2D eigenvalue weighted by molar-refractivity contribution is -0.122. The van der Waals surface area contributed by atoms with E-state index in [2.05, 4.69) is 29.2 Å². The van der Waals surface area contributed by atoms with Gasteiger partial charge in [-0.1, -0.05) is 19.9 Å². The van der Waals surface area contributed by atoms with Crippen LogP contribution in [0.1, 0.15) is 50.9 Å². The molecule has 0 saturated carbocycles. The van der Waals surface area contributed by atoms with Crippen molar-refractivity contribution in [2.75, 3.05) is 6.54 Å². The van der Waals surface area contributed by atoms with Gasteiger partial charge in [-0.15, -0.1) is 0 Å². The highest BCUT2D eigenvalue weighted by Crippen LogP contribution is 2.21. The molecular weight excluding hydrogens is 342 g/mol. The molecule has 1 aliphatic heterocycles. The summed E-state index contributed by atoms with van der Waals surface area (Å²) in [5.41, 5.74) is 0.889. The third-order valence-corrected chi connectivity index (χ3v) is 5.11. The number of fused-ring (bicyclic) bond motifs is 1. The molecule has 1 N–H and O–H groups in total. The van der Waals surface area contributed by atoms with Crippen molar-refractivity contribution in [1.29, 1.82) is 0 Å². The number of hydrogen-bond acceptors (Lipinski definition) is 4. The minimum atomic E-state index is -0.0733. The lowest BCUT2D eigenvalue weighted by atomic mass is 9.96. The number of hydrogen-bond donors (Lipinski definition) is 1. The van der Waals surface area contributed by atoms with Gasteiger partial charge in [0.25, 0.3) is 0 Å². The highest BCUT2D eigenvalue weighted by molar-refractivity contribution is 5.76. The van der Waals surface area contributed by atoms with Crippen molar-refractivity contribution >= 4 is 5.91 Å². The van der Waals surface area contributed by atoms with E-state index in [-0.39, 0.29) is 11.6 Å². The van der Waals surface area contributed by atoms with Crippen LogP contribution < -0.4 is 11.0 Å². The Labute approximate surface area is 159 Å². The summed E-state index contributed by atoms with van der Waals surface area (Å²) < 4.78 is 3.29. The fourth-order valence-electron chi connectivity index (χ4n) is 3.49. The second-order valence-corrected chi connectivity index (χ2v) is 7.80. The predicted octanol–water partition coefficient (Wildman–Crippen LogP) is 1.99. The maximum absolute atomic E-state index is 12.7. The number of carbonyl (C=O) groups is 1. The van der Waals surface area contributed by atoms with Crippen molar-refractivity contribution in [3.05, 3.63) is 46.4 Å². The average molecular weight is 371 g/mol. The number of carbonyl (C=O) groups excluding carboxylic acids is 1. The van der Waals surface area contributed by atoms with Gasteiger partial charge in [-0.05, 0) is 42.7 Å². The van der Waals surface area contributed by atoms with E-state index >= 15 is 0 Å². The second-order valence-electron chi connectivity index (χ2n) is 7.80. The number of aromatic nitrogens is 4. The first-order valence-electron chi connectivity index (χ1n) is 9.85. The van der Waals surface area contributed by atoms with E-state index in [1.54, 1.807) is 17.0 Å². The van der Waals surface area contributed by atoms with E-state index in [9.17, 15) is 9.59 Å². The first-order valence-corrected chi connectivity index (χ1v) is 9.85. The average Bonchev–Trinajstić information content (AvgIpc) is 2.80. The molecule has 3 heterocycles. The zero-order valence-electron chi connectivity index (χ0n) is 16.2. The van der Waals surface area contributed by atoms with Crippen LogP contribution in [-0.2, 0) is 24.3 Å². The highest BCUT2D eigenvalue weighted by Gasteiger charge is 2.22. The van der Waals surface area contributed by atoms with Gasteiger partial charge < -0.3 is 5.32 Å². The molecule has 1 atom stereocenters. The van der Waals surface area contributed by atoms with Crippen LogP contribution in [0.25, 0.3) is 0 Å². The Kier molecular flexibility index (Phi) is 6.42. The molecule has 1 amide bonds. The van der Waals surface area contributed by atoms with Crippen LogP contribution in [0.15, 0.2) is 29.3 Å². The van der Waals surface area contributed by atoms with Crippen molar-refractivity contribution in [3.63, 3.8) is 0 Å². The van der Waals surface area contributed by atoms with E-state index in [1.807, 2.05) is 12.1 Å². The van der Waals surface area contributed by atoms with Crippen LogP contribution in [0, 0.1) is 11.8 Å². The van der Waals surface area contributed by atoms with Gasteiger partial charge in [-0.3, -0.25) is 14.3 Å². The van der Waals surface area contributed by atoms with Crippen molar-refractivity contribution in [3.8, 4) is 0 Å². The van der Waals surface area contributed by atoms with Gasteiger partial charge in [0.1, 0.15) is 5.82 Å². The summed E-state index contributed by atoms with van der Waals surface area (Å²) in [5.74, 6) is 1.84. The molecule has 0 spiro atoms. The first-order chi connectivity index (χ1) is 13.0. The predicted molar refractivity (Wildman–Crippen MR) is 103 cm³/mol. The van der Waals surface area contributed by atoms with Crippen molar-refractivity contribution < 1.29 is 4.79 Å². The fraction of sp³-hybridized carbons (Fsp3) is 0.600. The molecule has 0 bridgehead atoms. The topological polar surface area (TPSA) is 81.8 Å². The van der Waals surface area contributed by atoms with Crippen LogP contribution >= 0.6 is 0 Å². The maximum atomic E-state index is 12.7. The summed E-state index contributed by atoms with van der Waals surface area (Å²) in [6.45, 7) is 6.11. The first kappa shape index (κ1) is 19.3. The quantitative estimate of drug-likeness (QED) is 0.807. The standard InChI is InChI=1S/C20H29N5O2/c1-15(2)7-10-22-19(26)12-16-5-6-18-23-25(20(27)24(18)11-8-16)14-17-4-3-9-21-13-17/h3-4,9,13,15-16H,5-8,10-12,14H2,1-2H3,(H,22,26). The van der Waals surface area contributed by atoms with Crippen LogP contribution in [-0.4, -0.2) is 31.8 Å². The number of nitrogens with zero attached hydrogens (tertiary/aromatic N) is 4. The third kappa shape index (κ3) is 5.28. The second kappa shape index (κ2) is 8.97. The van der Waals surface area contributed by atoms with Crippen LogP contribution in [0.5, 0.6) is 0 Å². The molecule has 0 saturated heterocycles. The molecule has 0 radical (unpaired) electrons. The summed E-state index contributed by atoms with van der Waals surface area (Å²) in [4.78, 5) is 28.9. The molecular formula is C20H29N5O2. The minimum Gasteiger partial charge on any atom is -0.356 e. The zero-order valence-corrected chi connectivity index (χ0v) is 16.2. The van der Waals surface area contributed by atoms with Gasteiger partial charge in [0, 0.05) is 38.3 Å². The van der Waals surface area contributed by atoms with E-state index < -0.39 is 0 Å². The Balaban J connectivity index is 1.56. The number of aryl methyl sites for hydroxylation is 1. The summed E-state index contributed by atoms with van der Waals surface area (Å²) in [6.07, 6.45) is 7.47. The van der Waals surface area contributed by atoms with E-state index in [1.165, 1.54) is 4.68 Å². The Hall–Kier alpha value is -2.44. The van der Waals surface area contributed by atoms with Gasteiger partial charge in [0.2, 0.25) is 5.91 Å². The molecule has 7 heteroatoms. The molecule has 27 heavy (non-hydrogen) atoms. The molecule has 1 unspecified atom stereocenters. The van der Waals surface area contributed by atoms with E-state index in [0.717, 1.165) is 43.6 Å². The molecule has 3 rings (SSSR count). The van der Waals surface area contributed by atoms with Gasteiger partial charge in [0.15, 0.2) is 0 Å². The lowest BCUT2D eigenvalue weighted by Crippen LogP contribution is -2.28. The summed E-state index contributed by atoms with van der Waals surface area (Å²) >= 11 is 0. The minimum absolute atomic E-state index is 0.0733. The zero-order chi connectivity index (χ0) is 19.2. The van der Waals surface area contributed by atoms with Gasteiger partial charge in [0.05, 0.1) is 6.54 Å². The summed E-state index contributed by atoms with van der Waals surface area (Å²) in [6, 6.07) is 3.80. The van der Waals surface area contributed by atoms with Gasteiger partial charge in [-0.2, -0.15) is 5.10 Å². The van der Waals surface area contributed by atoms with E-state index in [0.29, 0.717) is 31.3 Å². The largest absolute Gasteiger partial charge is 0.356 e. The van der Waals surface area contributed by atoms with Crippen molar-refractivity contribution in [2.24, 2.45) is 11.8 Å². The molecule has 2 aromatic rings. The summed E-state index contributed by atoms with van der Waals surface area (Å²) in [7, 11) is 0. The Morgan fingerprint density at radius 2 is 2.22 bits per heavy atom. The molecule has 1 aliphatic rings. The number of rotatable bonds is 7. The number of amides is 1. The van der Waals surface area contributed by atoms with E-state index in [4.69, 9.17) is 0 Å². The molecule has 2 aromatic heterocycles. The van der Waals surface area contributed by atoms with Crippen molar-refractivity contribution in [1.82, 2.24) is 24.6 Å². The van der Waals surface area contributed by atoms with Gasteiger partial charge >= 0.3 is 5.69 Å². The molecule has 0 aromatic carbocycles. The molecule has 146 valence electrons. The van der Waals surface area contributed by atoms with Crippen LogP contribution in [0.3, 0.4) is 0 Å². The lowest BCUT2D eigenvalue weighted by Gasteiger charge is -2.14. The smallest absolute Gasteiger partial charge is 0.346 e. The highest BCUT2D eigenvalue weighted by atomic mass is 16.2. The third-order valence-electron chi connectivity index (χ3n) is 5.11. The normalized spacial score (nSPS) is 16.8. The fourth-order valence-corrected chi connectivity index (χ4v) is 3.49. The summed E-state index contributed by atoms with van der Waals surface area (Å²) in [5, 5.41) is 7.54. The van der Waals surface area contributed by atoms with Gasteiger partial charge in [-0.25, -0.2) is 9.48 Å². The molecule has 0 fully saturated rings. The van der Waals surface area contributed by atoms with Crippen LogP contribution in [0.2, 0.25) is 0 Å². The number of nitrogens with one attached hydrogen (secondary N) is 1. The van der Waals surface area contributed by atoms with Crippen molar-refractivity contribution in [2.45, 2.75) is 59.0 Å². The van der Waals surface area contributed by atoms with Crippen LogP contribution in [0.4, 0.5) is 0 Å². The Morgan fingerprint density at radius 3 is 2.96 bits per heavy atom. The molecule has 0 aliphatic carbocycles. The monoisotopic (exact) mass is 371 g/mol. The maximum Gasteiger partial charge on any atom is 0.346 e. The molecule has 7 nitrogen and oxygen atoms in total. The number of pyridine rings is 1. The Bertz CT molecular complexity index is 810. The Morgan fingerprint density at radius 1 is 1.37 bits per heavy atom. The SMILES string of the molecule is CC(C)CCNC(=O)CC1CCc2nn(Cc3cccnc3)c(=O)n2CC1.